The number of ether oxygens (including phenoxy) is 1. The third-order valence-electron chi connectivity index (χ3n) is 3.30. The van der Waals surface area contributed by atoms with Crippen molar-refractivity contribution in [2.45, 2.75) is 19.4 Å². The summed E-state index contributed by atoms with van der Waals surface area (Å²) in [5.74, 6) is -0.647. The summed E-state index contributed by atoms with van der Waals surface area (Å²) in [7, 11) is 0. The van der Waals surface area contributed by atoms with E-state index in [0.717, 1.165) is 12.1 Å². The van der Waals surface area contributed by atoms with Crippen LogP contribution in [0.25, 0.3) is 0 Å². The van der Waals surface area contributed by atoms with Crippen molar-refractivity contribution in [3.05, 3.63) is 33.9 Å². The van der Waals surface area contributed by atoms with Gasteiger partial charge in [-0.25, -0.2) is 0 Å². The topological polar surface area (TPSA) is 92.9 Å². The Hall–Kier alpha value is -2.15. The van der Waals surface area contributed by atoms with Gasteiger partial charge in [-0.05, 0) is 26.0 Å². The van der Waals surface area contributed by atoms with Gasteiger partial charge < -0.3 is 14.7 Å². The lowest BCUT2D eigenvalue weighted by Crippen LogP contribution is -2.55. The van der Waals surface area contributed by atoms with Crippen LogP contribution in [0, 0.1) is 10.1 Å². The van der Waals surface area contributed by atoms with Gasteiger partial charge in [0.15, 0.2) is 0 Å². The zero-order chi connectivity index (χ0) is 14.9. The maximum absolute atomic E-state index is 12.5. The molecule has 1 aliphatic rings. The fraction of sp³-hybridized carbons (Fsp3) is 0.462. The number of carbonyl (C=O) groups excluding carboxylic acids is 1. The summed E-state index contributed by atoms with van der Waals surface area (Å²) in [6.07, 6.45) is 0. The van der Waals surface area contributed by atoms with E-state index >= 15 is 0 Å². The molecule has 2 rings (SSSR count). The Bertz CT molecular complexity index is 556. The molecule has 1 N–H and O–H groups in total. The number of hydrogen-bond acceptors (Lipinski definition) is 5. The molecule has 1 aromatic carbocycles. The van der Waals surface area contributed by atoms with Crippen molar-refractivity contribution in [2.75, 3.05) is 19.8 Å². The van der Waals surface area contributed by atoms with Crippen LogP contribution in [0.4, 0.5) is 5.69 Å². The Morgan fingerprint density at radius 2 is 2.20 bits per heavy atom. The van der Waals surface area contributed by atoms with E-state index in [9.17, 15) is 20.0 Å². The molecular weight excluding hydrogens is 264 g/mol. The smallest absolute Gasteiger partial charge is 0.282 e. The van der Waals surface area contributed by atoms with Crippen LogP contribution in [0.15, 0.2) is 18.2 Å². The third kappa shape index (κ3) is 2.57. The van der Waals surface area contributed by atoms with Gasteiger partial charge in [0, 0.05) is 12.6 Å². The highest BCUT2D eigenvalue weighted by molar-refractivity contribution is 5.99. The van der Waals surface area contributed by atoms with Gasteiger partial charge in [-0.3, -0.25) is 14.9 Å². The minimum Gasteiger partial charge on any atom is -0.508 e. The number of hydrogen-bond donors (Lipinski definition) is 1. The van der Waals surface area contributed by atoms with Gasteiger partial charge in [0.05, 0.1) is 23.7 Å². The first-order valence-electron chi connectivity index (χ1n) is 6.20. The molecular formula is C13H16N2O5. The molecule has 0 aliphatic carbocycles. The number of nitro benzene ring substituents is 1. The summed E-state index contributed by atoms with van der Waals surface area (Å²) < 4.78 is 5.33. The number of phenolic OH excluding ortho intramolecular Hbond substituents is 1. The summed E-state index contributed by atoms with van der Waals surface area (Å²) in [5.41, 5.74) is -0.964. The zero-order valence-electron chi connectivity index (χ0n) is 11.3. The molecule has 7 heteroatoms. The lowest BCUT2D eigenvalue weighted by atomic mass is 10.0. The van der Waals surface area contributed by atoms with Crippen LogP contribution in [0.2, 0.25) is 0 Å². The van der Waals surface area contributed by atoms with E-state index in [-0.39, 0.29) is 17.0 Å². The first-order valence-corrected chi connectivity index (χ1v) is 6.20. The van der Waals surface area contributed by atoms with Gasteiger partial charge in [0.2, 0.25) is 0 Å². The van der Waals surface area contributed by atoms with Crippen molar-refractivity contribution in [3.63, 3.8) is 0 Å². The van der Waals surface area contributed by atoms with Crippen LogP contribution in [-0.4, -0.2) is 46.1 Å². The molecule has 0 radical (unpaired) electrons. The summed E-state index contributed by atoms with van der Waals surface area (Å²) in [5, 5.41) is 20.5. The predicted octanol–water partition coefficient (Wildman–Crippen LogP) is 1.55. The molecule has 0 bridgehead atoms. The first-order chi connectivity index (χ1) is 9.33. The molecule has 1 heterocycles. The van der Waals surface area contributed by atoms with Crippen molar-refractivity contribution in [2.24, 2.45) is 0 Å². The highest BCUT2D eigenvalue weighted by Crippen LogP contribution is 2.28. The van der Waals surface area contributed by atoms with E-state index in [1.54, 1.807) is 0 Å². The quantitative estimate of drug-likeness (QED) is 0.655. The number of phenols is 1. The molecule has 1 amide bonds. The van der Waals surface area contributed by atoms with Crippen LogP contribution in [0.5, 0.6) is 5.75 Å². The highest BCUT2D eigenvalue weighted by Gasteiger charge is 2.37. The van der Waals surface area contributed by atoms with Crippen LogP contribution in [0.1, 0.15) is 24.2 Å². The first kappa shape index (κ1) is 14.3. The zero-order valence-corrected chi connectivity index (χ0v) is 11.3. The van der Waals surface area contributed by atoms with Gasteiger partial charge in [0.25, 0.3) is 11.6 Å². The Labute approximate surface area is 115 Å². The normalized spacial score (nSPS) is 17.8. The molecule has 0 unspecified atom stereocenters. The van der Waals surface area contributed by atoms with Gasteiger partial charge in [-0.2, -0.15) is 0 Å². The molecule has 108 valence electrons. The van der Waals surface area contributed by atoms with Gasteiger partial charge in [0.1, 0.15) is 11.3 Å². The van der Waals surface area contributed by atoms with Gasteiger partial charge >= 0.3 is 0 Å². The summed E-state index contributed by atoms with van der Waals surface area (Å²) in [6, 6.07) is 3.46. The number of nitro groups is 1. The lowest BCUT2D eigenvalue weighted by Gasteiger charge is -2.42. The number of carbonyl (C=O) groups is 1. The molecule has 1 aromatic rings. The van der Waals surface area contributed by atoms with Gasteiger partial charge in [-0.15, -0.1) is 0 Å². The molecule has 0 saturated carbocycles. The highest BCUT2D eigenvalue weighted by atomic mass is 16.6. The summed E-state index contributed by atoms with van der Waals surface area (Å²) in [6.45, 7) is 4.78. The second kappa shape index (κ2) is 5.09. The average Bonchev–Trinajstić information content (AvgIpc) is 2.37. The van der Waals surface area contributed by atoms with Crippen LogP contribution in [0.3, 0.4) is 0 Å². The largest absolute Gasteiger partial charge is 0.508 e. The number of morpholine rings is 1. The van der Waals surface area contributed by atoms with E-state index in [4.69, 9.17) is 4.74 Å². The molecule has 7 nitrogen and oxygen atoms in total. The lowest BCUT2D eigenvalue weighted by molar-refractivity contribution is -0.385. The van der Waals surface area contributed by atoms with E-state index in [2.05, 4.69) is 0 Å². The van der Waals surface area contributed by atoms with E-state index in [1.165, 1.54) is 11.0 Å². The van der Waals surface area contributed by atoms with Crippen molar-refractivity contribution >= 4 is 11.6 Å². The third-order valence-corrected chi connectivity index (χ3v) is 3.30. The molecule has 1 aliphatic heterocycles. The number of benzene rings is 1. The summed E-state index contributed by atoms with van der Waals surface area (Å²) >= 11 is 0. The van der Waals surface area contributed by atoms with E-state index in [1.807, 2.05) is 13.8 Å². The predicted molar refractivity (Wildman–Crippen MR) is 70.7 cm³/mol. The molecule has 1 fully saturated rings. The Morgan fingerprint density at radius 3 is 2.80 bits per heavy atom. The number of rotatable bonds is 2. The Morgan fingerprint density at radius 1 is 1.50 bits per heavy atom. The molecule has 0 atom stereocenters. The van der Waals surface area contributed by atoms with Crippen molar-refractivity contribution in [1.82, 2.24) is 4.90 Å². The maximum Gasteiger partial charge on any atom is 0.282 e. The van der Waals surface area contributed by atoms with Crippen LogP contribution < -0.4 is 0 Å². The minimum atomic E-state index is -0.625. The van der Waals surface area contributed by atoms with Crippen molar-refractivity contribution < 1.29 is 19.6 Å². The Kier molecular flexibility index (Phi) is 3.63. The second-order valence-corrected chi connectivity index (χ2v) is 5.28. The number of aromatic hydroxyl groups is 1. The fourth-order valence-corrected chi connectivity index (χ4v) is 2.23. The van der Waals surface area contributed by atoms with Crippen LogP contribution >= 0.6 is 0 Å². The van der Waals surface area contributed by atoms with Gasteiger partial charge in [-0.1, -0.05) is 0 Å². The fourth-order valence-electron chi connectivity index (χ4n) is 2.23. The average molecular weight is 280 g/mol. The SMILES string of the molecule is CC1(C)COCCN1C(=O)c1cc(O)ccc1[N+](=O)[O-]. The second-order valence-electron chi connectivity index (χ2n) is 5.28. The van der Waals surface area contributed by atoms with E-state index < -0.39 is 16.4 Å². The molecule has 0 spiro atoms. The van der Waals surface area contributed by atoms with Crippen molar-refractivity contribution in [3.8, 4) is 5.75 Å². The molecule has 1 saturated heterocycles. The maximum atomic E-state index is 12.5. The molecule has 0 aromatic heterocycles. The summed E-state index contributed by atoms with van der Waals surface area (Å²) in [4.78, 5) is 24.5. The minimum absolute atomic E-state index is 0.107. The van der Waals surface area contributed by atoms with Crippen molar-refractivity contribution in [1.29, 1.82) is 0 Å². The standard InChI is InChI=1S/C13H16N2O5/c1-13(2)8-20-6-5-14(13)12(17)10-7-9(16)3-4-11(10)15(18)19/h3-4,7,16H,5-6,8H2,1-2H3. The molecule has 20 heavy (non-hydrogen) atoms. The number of nitrogens with zero attached hydrogens (tertiary/aromatic N) is 2. The number of amides is 1. The Balaban J connectivity index is 2.42. The van der Waals surface area contributed by atoms with E-state index in [0.29, 0.717) is 19.8 Å². The monoisotopic (exact) mass is 280 g/mol. The van der Waals surface area contributed by atoms with Crippen LogP contribution in [-0.2, 0) is 4.74 Å².